The smallest absolute Gasteiger partial charge is 0.196 e. The van der Waals surface area contributed by atoms with Gasteiger partial charge in [0.05, 0.1) is 11.3 Å². The van der Waals surface area contributed by atoms with Gasteiger partial charge in [-0.1, -0.05) is 18.2 Å². The molecule has 0 amide bonds. The largest absolute Gasteiger partial charge is 0.300 e. The van der Waals surface area contributed by atoms with Gasteiger partial charge in [0.1, 0.15) is 11.6 Å². The Morgan fingerprint density at radius 2 is 1.96 bits per heavy atom. The maximum atomic E-state index is 13.3. The highest BCUT2D eigenvalue weighted by atomic mass is 32.2. The van der Waals surface area contributed by atoms with Gasteiger partial charge >= 0.3 is 0 Å². The van der Waals surface area contributed by atoms with Crippen molar-refractivity contribution in [3.8, 4) is 5.69 Å². The summed E-state index contributed by atoms with van der Waals surface area (Å²) in [5, 5.41) is 9.34. The zero-order chi connectivity index (χ0) is 18.0. The molecule has 2 aromatic rings. The van der Waals surface area contributed by atoms with Crippen LogP contribution >= 0.6 is 11.8 Å². The molecule has 1 aliphatic carbocycles. The van der Waals surface area contributed by atoms with E-state index in [-0.39, 0.29) is 22.9 Å². The molecule has 1 aromatic carbocycles. The summed E-state index contributed by atoms with van der Waals surface area (Å²) in [6, 6.07) is 6.34. The second-order valence-corrected chi connectivity index (χ2v) is 7.78. The lowest BCUT2D eigenvalue weighted by Gasteiger charge is -2.22. The van der Waals surface area contributed by atoms with Gasteiger partial charge in [0.2, 0.25) is 0 Å². The van der Waals surface area contributed by atoms with Crippen molar-refractivity contribution in [3.63, 3.8) is 0 Å². The van der Waals surface area contributed by atoms with Gasteiger partial charge < -0.3 is 0 Å². The van der Waals surface area contributed by atoms with Crippen LogP contribution in [0.15, 0.2) is 29.4 Å². The fourth-order valence-electron chi connectivity index (χ4n) is 2.89. The normalized spacial score (nSPS) is 19.4. The van der Waals surface area contributed by atoms with E-state index in [2.05, 4.69) is 10.2 Å². The van der Waals surface area contributed by atoms with Crippen LogP contribution < -0.4 is 0 Å². The second-order valence-electron chi connectivity index (χ2n) is 6.61. The number of ketones is 1. The number of benzene rings is 1. The molecular weight excluding hydrogens is 339 g/mol. The van der Waals surface area contributed by atoms with Crippen molar-refractivity contribution >= 4 is 17.5 Å². The molecule has 2 atom stereocenters. The number of hydrogen-bond acceptors (Lipinski definition) is 5. The monoisotopic (exact) mass is 362 g/mol. The van der Waals surface area contributed by atoms with E-state index in [1.54, 1.807) is 12.1 Å². The first-order chi connectivity index (χ1) is 12.0. The van der Waals surface area contributed by atoms with Crippen LogP contribution in [-0.4, -0.2) is 44.8 Å². The SMILES string of the molecule is C[C@H](c1nnc(S[C@H]2CCCCC2=O)n1-c1ccc(F)cc1)N(C)C. The van der Waals surface area contributed by atoms with E-state index in [4.69, 9.17) is 0 Å². The minimum absolute atomic E-state index is 0.0361. The van der Waals surface area contributed by atoms with Crippen LogP contribution in [0.3, 0.4) is 0 Å². The summed E-state index contributed by atoms with van der Waals surface area (Å²) in [5.41, 5.74) is 0.806. The molecule has 1 aromatic heterocycles. The van der Waals surface area contributed by atoms with Gasteiger partial charge in [-0.05, 0) is 58.1 Å². The summed E-state index contributed by atoms with van der Waals surface area (Å²) in [6.45, 7) is 2.05. The molecule has 134 valence electrons. The van der Waals surface area contributed by atoms with Crippen LogP contribution in [0.2, 0.25) is 0 Å². The number of thioether (sulfide) groups is 1. The van der Waals surface area contributed by atoms with Crippen molar-refractivity contribution in [2.24, 2.45) is 0 Å². The summed E-state index contributed by atoms with van der Waals surface area (Å²) in [4.78, 5) is 14.2. The number of nitrogens with zero attached hydrogens (tertiary/aromatic N) is 4. The van der Waals surface area contributed by atoms with Gasteiger partial charge in [-0.3, -0.25) is 14.3 Å². The van der Waals surface area contributed by atoms with E-state index < -0.39 is 0 Å². The molecule has 0 aliphatic heterocycles. The van der Waals surface area contributed by atoms with Crippen molar-refractivity contribution in [2.75, 3.05) is 14.1 Å². The highest BCUT2D eigenvalue weighted by molar-refractivity contribution is 8.00. The van der Waals surface area contributed by atoms with Crippen molar-refractivity contribution < 1.29 is 9.18 Å². The molecule has 0 spiro atoms. The Hall–Kier alpha value is -1.73. The van der Waals surface area contributed by atoms with E-state index in [1.807, 2.05) is 30.5 Å². The van der Waals surface area contributed by atoms with Crippen LogP contribution in [0.25, 0.3) is 5.69 Å². The molecule has 0 unspecified atom stereocenters. The lowest BCUT2D eigenvalue weighted by atomic mass is 9.99. The minimum Gasteiger partial charge on any atom is -0.300 e. The zero-order valence-corrected chi connectivity index (χ0v) is 15.6. The van der Waals surface area contributed by atoms with Crippen LogP contribution in [-0.2, 0) is 4.79 Å². The molecular formula is C18H23FN4OS. The van der Waals surface area contributed by atoms with Crippen LogP contribution in [0, 0.1) is 5.82 Å². The highest BCUT2D eigenvalue weighted by Gasteiger charge is 2.28. The third kappa shape index (κ3) is 3.93. The average Bonchev–Trinajstić information content (AvgIpc) is 3.00. The van der Waals surface area contributed by atoms with Gasteiger partial charge in [0.25, 0.3) is 0 Å². The van der Waals surface area contributed by atoms with Gasteiger partial charge in [-0.25, -0.2) is 4.39 Å². The predicted octanol–water partition coefficient (Wildman–Crippen LogP) is 3.63. The molecule has 1 heterocycles. The minimum atomic E-state index is -0.282. The molecule has 7 heteroatoms. The molecule has 25 heavy (non-hydrogen) atoms. The fourth-order valence-corrected chi connectivity index (χ4v) is 4.08. The first-order valence-corrected chi connectivity index (χ1v) is 9.42. The molecule has 1 aliphatic rings. The van der Waals surface area contributed by atoms with Crippen LogP contribution in [0.1, 0.15) is 44.5 Å². The molecule has 0 radical (unpaired) electrons. The Morgan fingerprint density at radius 1 is 1.24 bits per heavy atom. The Labute approximate surface area is 151 Å². The number of carbonyl (C=O) groups is 1. The maximum absolute atomic E-state index is 13.3. The standard InChI is InChI=1S/C18H23FN4OS/c1-12(22(2)3)17-20-21-18(25-16-7-5-4-6-15(16)24)23(17)14-10-8-13(19)9-11-14/h8-12,16H,4-7H2,1-3H3/t12-,16+/m1/s1. The number of halogens is 1. The third-order valence-corrected chi connectivity index (χ3v) is 5.90. The molecule has 3 rings (SSSR count). The van der Waals surface area contributed by atoms with Crippen molar-refractivity contribution in [1.82, 2.24) is 19.7 Å². The van der Waals surface area contributed by atoms with E-state index in [0.717, 1.165) is 30.8 Å². The van der Waals surface area contributed by atoms with Gasteiger partial charge in [-0.15, -0.1) is 10.2 Å². The van der Waals surface area contributed by atoms with E-state index >= 15 is 0 Å². The Morgan fingerprint density at radius 3 is 2.60 bits per heavy atom. The molecule has 5 nitrogen and oxygen atoms in total. The van der Waals surface area contributed by atoms with Crippen LogP contribution in [0.4, 0.5) is 4.39 Å². The lowest BCUT2D eigenvalue weighted by molar-refractivity contribution is -0.119. The second kappa shape index (κ2) is 7.66. The van der Waals surface area contributed by atoms with Gasteiger partial charge in [-0.2, -0.15) is 0 Å². The zero-order valence-electron chi connectivity index (χ0n) is 14.8. The van der Waals surface area contributed by atoms with E-state index in [1.165, 1.54) is 23.9 Å². The lowest BCUT2D eigenvalue weighted by Crippen LogP contribution is -2.23. The number of carbonyl (C=O) groups excluding carboxylic acids is 1. The molecule has 1 fully saturated rings. The summed E-state index contributed by atoms with van der Waals surface area (Å²) in [5.74, 6) is 0.783. The number of Topliss-reactive ketones (excluding diaryl/α,β-unsaturated/α-hetero) is 1. The fraction of sp³-hybridized carbons (Fsp3) is 0.500. The first-order valence-electron chi connectivity index (χ1n) is 8.54. The molecule has 0 bridgehead atoms. The van der Waals surface area contributed by atoms with Crippen molar-refractivity contribution in [3.05, 3.63) is 35.9 Å². The van der Waals surface area contributed by atoms with E-state index in [0.29, 0.717) is 11.6 Å². The Balaban J connectivity index is 2.00. The summed E-state index contributed by atoms with van der Waals surface area (Å²) < 4.78 is 15.3. The summed E-state index contributed by atoms with van der Waals surface area (Å²) in [7, 11) is 3.96. The quantitative estimate of drug-likeness (QED) is 0.813. The molecule has 1 saturated carbocycles. The maximum Gasteiger partial charge on any atom is 0.196 e. The summed E-state index contributed by atoms with van der Waals surface area (Å²) >= 11 is 1.48. The highest BCUT2D eigenvalue weighted by Crippen LogP contribution is 2.33. The number of hydrogen-bond donors (Lipinski definition) is 0. The topological polar surface area (TPSA) is 51.0 Å². The van der Waals surface area contributed by atoms with Gasteiger partial charge in [0.15, 0.2) is 11.0 Å². The van der Waals surface area contributed by atoms with Crippen LogP contribution in [0.5, 0.6) is 0 Å². The number of rotatable bonds is 5. The molecule has 0 saturated heterocycles. The first kappa shape index (κ1) is 18.1. The average molecular weight is 362 g/mol. The van der Waals surface area contributed by atoms with E-state index in [9.17, 15) is 9.18 Å². The molecule has 0 N–H and O–H groups in total. The Bertz CT molecular complexity index is 744. The van der Waals surface area contributed by atoms with Crippen molar-refractivity contribution in [2.45, 2.75) is 49.1 Å². The Kier molecular flexibility index (Phi) is 5.54. The third-order valence-electron chi connectivity index (χ3n) is 4.64. The summed E-state index contributed by atoms with van der Waals surface area (Å²) in [6.07, 6.45) is 3.56. The number of aromatic nitrogens is 3. The predicted molar refractivity (Wildman–Crippen MR) is 96.5 cm³/mol. The van der Waals surface area contributed by atoms with Gasteiger partial charge in [0, 0.05) is 12.1 Å². The van der Waals surface area contributed by atoms with Crippen molar-refractivity contribution in [1.29, 1.82) is 0 Å².